The largest absolute Gasteiger partial charge is 0.350 e. The lowest BCUT2D eigenvalue weighted by Crippen LogP contribution is -2.56. The van der Waals surface area contributed by atoms with Gasteiger partial charge in [-0.05, 0) is 62.7 Å². The number of nitrogens with one attached hydrogen (secondary N) is 1. The molecule has 0 spiro atoms. The molecule has 2 amide bonds. The Kier molecular flexibility index (Phi) is 10.7. The van der Waals surface area contributed by atoms with Crippen LogP contribution in [-0.4, -0.2) is 54.6 Å². The molecule has 0 aliphatic heterocycles. The van der Waals surface area contributed by atoms with Crippen LogP contribution in [0.3, 0.4) is 0 Å². The second-order valence-corrected chi connectivity index (χ2v) is 13.7. The topological polar surface area (TPSA) is 86.8 Å². The number of carbonyl (C=O) groups is 2. The van der Waals surface area contributed by atoms with Crippen molar-refractivity contribution >= 4 is 56.6 Å². The minimum Gasteiger partial charge on any atom is -0.350 e. The van der Waals surface area contributed by atoms with Crippen molar-refractivity contribution in [1.82, 2.24) is 14.5 Å². The zero-order valence-corrected chi connectivity index (χ0v) is 25.8. The number of carbonyl (C=O) groups excluding carboxylic acids is 2. The van der Waals surface area contributed by atoms with E-state index in [0.717, 1.165) is 9.87 Å². The van der Waals surface area contributed by atoms with Crippen molar-refractivity contribution in [2.45, 2.75) is 50.2 Å². The van der Waals surface area contributed by atoms with E-state index < -0.39 is 40.0 Å². The third kappa shape index (κ3) is 8.44. The predicted molar refractivity (Wildman–Crippen MR) is 160 cm³/mol. The number of hydrogen-bond acceptors (Lipinski definition) is 4. The predicted octanol–water partition coefficient (Wildman–Crippen LogP) is 5.82. The fraction of sp³-hybridized carbons (Fsp3) is 0.310. The Balaban J connectivity index is 2.04. The van der Waals surface area contributed by atoms with Crippen LogP contribution in [0, 0.1) is 0 Å². The number of rotatable bonds is 10. The molecule has 7 nitrogen and oxygen atoms in total. The summed E-state index contributed by atoms with van der Waals surface area (Å²) in [4.78, 5) is 29.0. The van der Waals surface area contributed by atoms with E-state index in [1.165, 1.54) is 36.2 Å². The van der Waals surface area contributed by atoms with Crippen LogP contribution >= 0.6 is 34.8 Å². The summed E-state index contributed by atoms with van der Waals surface area (Å²) in [5.74, 6) is -0.989. The highest BCUT2D eigenvalue weighted by atomic mass is 35.5. The monoisotopic (exact) mass is 623 g/mol. The summed E-state index contributed by atoms with van der Waals surface area (Å²) in [5, 5.41) is 3.99. The third-order valence-electron chi connectivity index (χ3n) is 6.04. The van der Waals surface area contributed by atoms with Crippen LogP contribution < -0.4 is 5.32 Å². The highest BCUT2D eigenvalue weighted by Crippen LogP contribution is 2.28. The molecule has 1 unspecified atom stereocenters. The summed E-state index contributed by atoms with van der Waals surface area (Å²) in [5.41, 5.74) is 0.683. The quantitative estimate of drug-likeness (QED) is 0.308. The zero-order valence-electron chi connectivity index (χ0n) is 22.7. The van der Waals surface area contributed by atoms with Gasteiger partial charge in [-0.15, -0.1) is 0 Å². The molecule has 40 heavy (non-hydrogen) atoms. The molecule has 1 N–H and O–H groups in total. The van der Waals surface area contributed by atoms with Crippen molar-refractivity contribution in [3.8, 4) is 0 Å². The first-order valence-electron chi connectivity index (χ1n) is 12.5. The maximum Gasteiger partial charge on any atom is 0.243 e. The summed E-state index contributed by atoms with van der Waals surface area (Å²) in [6, 6.07) is 18.9. The van der Waals surface area contributed by atoms with Gasteiger partial charge in [0, 0.05) is 46.2 Å². The van der Waals surface area contributed by atoms with Crippen molar-refractivity contribution in [1.29, 1.82) is 0 Å². The van der Waals surface area contributed by atoms with Crippen LogP contribution in [0.4, 0.5) is 0 Å². The molecule has 214 valence electrons. The van der Waals surface area contributed by atoms with E-state index in [1.807, 2.05) is 51.1 Å². The van der Waals surface area contributed by atoms with Gasteiger partial charge < -0.3 is 10.2 Å². The lowest BCUT2D eigenvalue weighted by atomic mass is 10.0. The number of hydrogen-bond donors (Lipinski definition) is 1. The van der Waals surface area contributed by atoms with E-state index in [9.17, 15) is 18.0 Å². The first-order valence-corrected chi connectivity index (χ1v) is 15.1. The number of likely N-dealkylation sites (N-methyl/N-ethyl adjacent to an activating group) is 1. The Morgan fingerprint density at radius 1 is 0.875 bits per heavy atom. The average molecular weight is 625 g/mol. The molecule has 0 bridgehead atoms. The Morgan fingerprint density at radius 2 is 1.45 bits per heavy atom. The van der Waals surface area contributed by atoms with E-state index >= 15 is 0 Å². The highest BCUT2D eigenvalue weighted by Gasteiger charge is 2.35. The minimum absolute atomic E-state index is 0.0146. The Bertz CT molecular complexity index is 1420. The number of nitrogens with zero attached hydrogens (tertiary/aromatic N) is 2. The SMILES string of the molecule is CN(CC(=O)N(Cc1c(Cl)cccc1Cl)C(Cc1ccccc1)C(=O)NC(C)(C)C)S(=O)(=O)c1ccc(Cl)cc1. The molecule has 1 atom stereocenters. The van der Waals surface area contributed by atoms with E-state index in [-0.39, 0.29) is 17.9 Å². The summed E-state index contributed by atoms with van der Waals surface area (Å²) in [6.07, 6.45) is 0.185. The van der Waals surface area contributed by atoms with Crippen molar-refractivity contribution < 1.29 is 18.0 Å². The molecular weight excluding hydrogens is 593 g/mol. The van der Waals surface area contributed by atoms with Gasteiger partial charge in [-0.3, -0.25) is 9.59 Å². The molecule has 0 aromatic heterocycles. The standard InChI is InChI=1S/C29H32Cl3N3O4S/c1-29(2,3)33-28(37)26(17-20-9-6-5-7-10-20)35(18-23-24(31)11-8-12-25(23)32)27(36)19-34(4)40(38,39)22-15-13-21(30)14-16-22/h5-16,26H,17-19H2,1-4H3,(H,33,37). The van der Waals surface area contributed by atoms with Crippen molar-refractivity contribution in [3.05, 3.63) is 99.0 Å². The van der Waals surface area contributed by atoms with E-state index in [4.69, 9.17) is 34.8 Å². The normalized spacial score (nSPS) is 12.7. The van der Waals surface area contributed by atoms with Gasteiger partial charge in [-0.2, -0.15) is 4.31 Å². The van der Waals surface area contributed by atoms with Crippen molar-refractivity contribution in [3.63, 3.8) is 0 Å². The van der Waals surface area contributed by atoms with Gasteiger partial charge in [0.15, 0.2) is 0 Å². The summed E-state index contributed by atoms with van der Waals surface area (Å²) >= 11 is 18.8. The van der Waals surface area contributed by atoms with Gasteiger partial charge in [0.25, 0.3) is 0 Å². The molecule has 0 saturated heterocycles. The van der Waals surface area contributed by atoms with Gasteiger partial charge in [0.05, 0.1) is 11.4 Å². The first kappa shape index (κ1) is 31.9. The van der Waals surface area contributed by atoms with E-state index in [2.05, 4.69) is 5.32 Å². The second-order valence-electron chi connectivity index (χ2n) is 10.4. The Hall–Kier alpha value is -2.62. The molecule has 3 rings (SSSR count). The lowest BCUT2D eigenvalue weighted by Gasteiger charge is -2.35. The molecule has 0 saturated carbocycles. The Labute approximate surface area is 251 Å². The van der Waals surface area contributed by atoms with Crippen LogP contribution in [0.5, 0.6) is 0 Å². The summed E-state index contributed by atoms with van der Waals surface area (Å²) in [6.45, 7) is 4.89. The fourth-order valence-corrected chi connectivity index (χ4v) is 5.78. The molecular formula is C29H32Cl3N3O4S. The summed E-state index contributed by atoms with van der Waals surface area (Å²) < 4.78 is 27.4. The molecule has 3 aromatic rings. The van der Waals surface area contributed by atoms with Crippen LogP contribution in [-0.2, 0) is 32.6 Å². The van der Waals surface area contributed by atoms with Gasteiger partial charge in [0.1, 0.15) is 6.04 Å². The van der Waals surface area contributed by atoms with E-state index in [0.29, 0.717) is 20.6 Å². The van der Waals surface area contributed by atoms with Crippen LogP contribution in [0.2, 0.25) is 15.1 Å². The number of amides is 2. The van der Waals surface area contributed by atoms with E-state index in [1.54, 1.807) is 18.2 Å². The number of sulfonamides is 1. The fourth-order valence-electron chi connectivity index (χ4n) is 4.01. The maximum atomic E-state index is 13.9. The average Bonchev–Trinajstić information content (AvgIpc) is 2.87. The first-order chi connectivity index (χ1) is 18.7. The lowest BCUT2D eigenvalue weighted by molar-refractivity contribution is -0.141. The molecule has 0 fully saturated rings. The van der Waals surface area contributed by atoms with Gasteiger partial charge in [-0.1, -0.05) is 71.2 Å². The molecule has 3 aromatic carbocycles. The Morgan fingerprint density at radius 3 is 2.00 bits per heavy atom. The van der Waals surface area contributed by atoms with Gasteiger partial charge in [-0.25, -0.2) is 8.42 Å². The number of halogens is 3. The molecule has 0 radical (unpaired) electrons. The van der Waals surface area contributed by atoms with Crippen LogP contribution in [0.15, 0.2) is 77.7 Å². The van der Waals surface area contributed by atoms with Gasteiger partial charge in [0.2, 0.25) is 21.8 Å². The maximum absolute atomic E-state index is 13.9. The van der Waals surface area contributed by atoms with Crippen LogP contribution in [0.1, 0.15) is 31.9 Å². The second kappa shape index (κ2) is 13.4. The number of benzene rings is 3. The van der Waals surface area contributed by atoms with Crippen molar-refractivity contribution in [2.24, 2.45) is 0 Å². The van der Waals surface area contributed by atoms with Crippen molar-refractivity contribution in [2.75, 3.05) is 13.6 Å². The van der Waals surface area contributed by atoms with Crippen LogP contribution in [0.25, 0.3) is 0 Å². The van der Waals surface area contributed by atoms with Gasteiger partial charge >= 0.3 is 0 Å². The smallest absolute Gasteiger partial charge is 0.243 e. The molecule has 11 heteroatoms. The minimum atomic E-state index is -4.03. The zero-order chi connectivity index (χ0) is 29.7. The molecule has 0 heterocycles. The summed E-state index contributed by atoms with van der Waals surface area (Å²) in [7, 11) is -2.72. The molecule has 0 aliphatic rings. The third-order valence-corrected chi connectivity index (χ3v) is 8.82. The highest BCUT2D eigenvalue weighted by molar-refractivity contribution is 7.89. The molecule has 0 aliphatic carbocycles.